The number of anilines is 4. The summed E-state index contributed by atoms with van der Waals surface area (Å²) in [6, 6.07) is 5.98. The molecule has 2 aliphatic rings. The van der Waals surface area contributed by atoms with Gasteiger partial charge in [-0.25, -0.2) is 4.98 Å². The average molecular weight is 492 g/mol. The fourth-order valence-electron chi connectivity index (χ4n) is 4.37. The lowest BCUT2D eigenvalue weighted by atomic mass is 10.1. The Balaban J connectivity index is 1.43. The molecule has 2 N–H and O–H groups in total. The van der Waals surface area contributed by atoms with E-state index in [4.69, 9.17) is 0 Å². The predicted molar refractivity (Wildman–Crippen MR) is 130 cm³/mol. The summed E-state index contributed by atoms with van der Waals surface area (Å²) in [7, 11) is 2.11. The van der Waals surface area contributed by atoms with Crippen LogP contribution in [0.25, 0.3) is 0 Å². The maximum Gasteiger partial charge on any atom is 0.421 e. The number of piperazine rings is 1. The molecule has 35 heavy (non-hydrogen) atoms. The van der Waals surface area contributed by atoms with Crippen molar-refractivity contribution in [3.05, 3.63) is 35.5 Å². The summed E-state index contributed by atoms with van der Waals surface area (Å²) in [4.78, 5) is 26.1. The smallest absolute Gasteiger partial charge is 0.369 e. The highest BCUT2D eigenvalue weighted by Gasteiger charge is 2.35. The normalized spacial score (nSPS) is 17.2. The van der Waals surface area contributed by atoms with E-state index >= 15 is 0 Å². The number of carbonyl (C=O) groups excluding carboxylic acids is 1. The van der Waals surface area contributed by atoms with E-state index in [1.807, 2.05) is 19.1 Å². The summed E-state index contributed by atoms with van der Waals surface area (Å²) in [5.41, 5.74) is 1.90. The number of carbonyl (C=O) groups is 1. The molecule has 0 saturated carbocycles. The van der Waals surface area contributed by atoms with Gasteiger partial charge in [0.2, 0.25) is 11.9 Å². The maximum atomic E-state index is 13.5. The van der Waals surface area contributed by atoms with Gasteiger partial charge in [0.05, 0.1) is 0 Å². The first-order valence-corrected chi connectivity index (χ1v) is 12.0. The molecule has 0 radical (unpaired) electrons. The van der Waals surface area contributed by atoms with Gasteiger partial charge in [0.25, 0.3) is 0 Å². The molecule has 2 aromatic rings. The molecule has 3 heterocycles. The van der Waals surface area contributed by atoms with Crippen LogP contribution in [0.2, 0.25) is 0 Å². The van der Waals surface area contributed by atoms with Crippen LogP contribution < -0.4 is 15.5 Å². The van der Waals surface area contributed by atoms with Crippen LogP contribution in [0.15, 0.2) is 24.4 Å². The largest absolute Gasteiger partial charge is 0.421 e. The lowest BCUT2D eigenvalue weighted by Gasteiger charge is -2.34. The minimum Gasteiger partial charge on any atom is -0.369 e. The third kappa shape index (κ3) is 6.33. The van der Waals surface area contributed by atoms with E-state index in [1.165, 1.54) is 0 Å². The Hall–Kier alpha value is -3.08. The van der Waals surface area contributed by atoms with Crippen LogP contribution in [-0.4, -0.2) is 78.5 Å². The minimum absolute atomic E-state index is 0.0886. The monoisotopic (exact) mass is 491 g/mol. The number of likely N-dealkylation sites (N-methyl/N-ethyl adjacent to an activating group) is 1. The Labute approximate surface area is 203 Å². The Morgan fingerprint density at radius 2 is 1.89 bits per heavy atom. The lowest BCUT2D eigenvalue weighted by Crippen LogP contribution is -2.44. The first kappa shape index (κ1) is 25.0. The second kappa shape index (κ2) is 10.7. The molecule has 11 heteroatoms. The minimum atomic E-state index is -4.58. The van der Waals surface area contributed by atoms with Gasteiger partial charge in [-0.3, -0.25) is 4.79 Å². The molecule has 1 amide bonds. The van der Waals surface area contributed by atoms with Crippen molar-refractivity contribution in [2.45, 2.75) is 32.4 Å². The number of aromatic nitrogens is 2. The predicted octanol–water partition coefficient (Wildman–Crippen LogP) is 3.72. The van der Waals surface area contributed by atoms with Crippen LogP contribution in [0.5, 0.6) is 0 Å². The molecular formula is C24H32F3N7O. The van der Waals surface area contributed by atoms with Crippen molar-refractivity contribution in [3.8, 4) is 0 Å². The van der Waals surface area contributed by atoms with Gasteiger partial charge < -0.3 is 25.3 Å². The number of nitrogens with zero attached hydrogens (tertiary/aromatic N) is 5. The standard InChI is InChI=1S/C24H32F3N7O/c1-17-15-18(33-13-11-32(2)12-14-33)6-7-20(17)30-23-29-16-19(24(25,26)27)22(31-23)28-8-4-10-34-9-3-5-21(34)35/h6-7,15-16H,3-5,8-14H2,1-2H3,(H2,28,29,30,31). The van der Waals surface area contributed by atoms with Crippen LogP contribution in [0.4, 0.5) is 36.3 Å². The van der Waals surface area contributed by atoms with Crippen LogP contribution in [-0.2, 0) is 11.0 Å². The summed E-state index contributed by atoms with van der Waals surface area (Å²) in [6.45, 7) is 7.35. The number of hydrogen-bond acceptors (Lipinski definition) is 7. The summed E-state index contributed by atoms with van der Waals surface area (Å²) >= 11 is 0. The summed E-state index contributed by atoms with van der Waals surface area (Å²) < 4.78 is 40.6. The topological polar surface area (TPSA) is 76.6 Å². The Kier molecular flexibility index (Phi) is 7.63. The number of alkyl halides is 3. The van der Waals surface area contributed by atoms with Gasteiger partial charge in [-0.1, -0.05) is 0 Å². The molecular weight excluding hydrogens is 459 g/mol. The lowest BCUT2D eigenvalue weighted by molar-refractivity contribution is -0.137. The fraction of sp³-hybridized carbons (Fsp3) is 0.542. The highest BCUT2D eigenvalue weighted by Crippen LogP contribution is 2.34. The quantitative estimate of drug-likeness (QED) is 0.545. The molecule has 190 valence electrons. The zero-order chi connectivity index (χ0) is 25.0. The van der Waals surface area contributed by atoms with Gasteiger partial charge in [0.15, 0.2) is 0 Å². The van der Waals surface area contributed by atoms with E-state index in [2.05, 4.69) is 43.5 Å². The number of rotatable bonds is 8. The first-order chi connectivity index (χ1) is 16.7. The van der Waals surface area contributed by atoms with Crippen molar-refractivity contribution < 1.29 is 18.0 Å². The van der Waals surface area contributed by atoms with Crippen LogP contribution in [0.3, 0.4) is 0 Å². The molecule has 2 saturated heterocycles. The second-order valence-corrected chi connectivity index (χ2v) is 9.13. The van der Waals surface area contributed by atoms with Gasteiger partial charge in [0.1, 0.15) is 11.4 Å². The third-order valence-corrected chi connectivity index (χ3v) is 6.49. The second-order valence-electron chi connectivity index (χ2n) is 9.13. The number of hydrogen-bond donors (Lipinski definition) is 2. The van der Waals surface area contributed by atoms with E-state index in [1.54, 1.807) is 4.90 Å². The Morgan fingerprint density at radius 3 is 2.54 bits per heavy atom. The van der Waals surface area contributed by atoms with Gasteiger partial charge in [0, 0.05) is 69.8 Å². The number of nitrogens with one attached hydrogen (secondary N) is 2. The molecule has 2 aliphatic heterocycles. The Bertz CT molecular complexity index is 1040. The third-order valence-electron chi connectivity index (χ3n) is 6.49. The maximum absolute atomic E-state index is 13.5. The van der Waals surface area contributed by atoms with Crippen molar-refractivity contribution in [2.24, 2.45) is 0 Å². The van der Waals surface area contributed by atoms with Crippen molar-refractivity contribution in [2.75, 3.05) is 68.4 Å². The molecule has 0 atom stereocenters. The van der Waals surface area contributed by atoms with Crippen molar-refractivity contribution in [1.82, 2.24) is 19.8 Å². The molecule has 1 aromatic heterocycles. The average Bonchev–Trinajstić information content (AvgIpc) is 3.22. The fourth-order valence-corrected chi connectivity index (χ4v) is 4.37. The highest BCUT2D eigenvalue weighted by molar-refractivity contribution is 5.78. The van der Waals surface area contributed by atoms with Crippen molar-refractivity contribution >= 4 is 29.0 Å². The van der Waals surface area contributed by atoms with E-state index in [0.29, 0.717) is 25.9 Å². The van der Waals surface area contributed by atoms with E-state index < -0.39 is 11.7 Å². The number of amides is 1. The van der Waals surface area contributed by atoms with Gasteiger partial charge in [-0.15, -0.1) is 0 Å². The summed E-state index contributed by atoms with van der Waals surface area (Å²) in [6.07, 6.45) is -1.87. The molecule has 0 bridgehead atoms. The number of likely N-dealkylation sites (tertiary alicyclic amines) is 1. The van der Waals surface area contributed by atoms with E-state index in [0.717, 1.165) is 55.7 Å². The first-order valence-electron chi connectivity index (χ1n) is 12.0. The van der Waals surface area contributed by atoms with E-state index in [-0.39, 0.29) is 24.2 Å². The highest BCUT2D eigenvalue weighted by atomic mass is 19.4. The molecule has 2 fully saturated rings. The Morgan fingerprint density at radius 1 is 1.11 bits per heavy atom. The zero-order valence-corrected chi connectivity index (χ0v) is 20.2. The molecule has 0 unspecified atom stereocenters. The van der Waals surface area contributed by atoms with Crippen LogP contribution >= 0.6 is 0 Å². The molecule has 0 spiro atoms. The van der Waals surface area contributed by atoms with Gasteiger partial charge in [-0.05, 0) is 50.6 Å². The molecule has 0 aliphatic carbocycles. The number of aryl methyl sites for hydroxylation is 1. The SMILES string of the molecule is Cc1cc(N2CCN(C)CC2)ccc1Nc1ncc(C(F)(F)F)c(NCCCN2CCCC2=O)n1. The van der Waals surface area contributed by atoms with Crippen LogP contribution in [0.1, 0.15) is 30.4 Å². The van der Waals surface area contributed by atoms with Crippen molar-refractivity contribution in [3.63, 3.8) is 0 Å². The molecule has 8 nitrogen and oxygen atoms in total. The van der Waals surface area contributed by atoms with Gasteiger partial charge >= 0.3 is 6.18 Å². The van der Waals surface area contributed by atoms with E-state index in [9.17, 15) is 18.0 Å². The van der Waals surface area contributed by atoms with Crippen molar-refractivity contribution in [1.29, 1.82) is 0 Å². The summed E-state index contributed by atoms with van der Waals surface area (Å²) in [5.74, 6) is -0.0800. The van der Waals surface area contributed by atoms with Crippen LogP contribution in [0, 0.1) is 6.92 Å². The number of halogens is 3. The summed E-state index contributed by atoms with van der Waals surface area (Å²) in [5, 5.41) is 5.86. The molecule has 4 rings (SSSR count). The molecule has 1 aromatic carbocycles. The zero-order valence-electron chi connectivity index (χ0n) is 20.2. The number of benzene rings is 1. The van der Waals surface area contributed by atoms with Gasteiger partial charge in [-0.2, -0.15) is 18.2 Å².